The Labute approximate surface area is 123 Å². The zero-order chi connectivity index (χ0) is 16.3. The molecule has 2 rings (SSSR count). The first-order valence-corrected chi connectivity index (χ1v) is 6.34. The zero-order valence-corrected chi connectivity index (χ0v) is 11.2. The van der Waals surface area contributed by atoms with Crippen LogP contribution in [-0.2, 0) is 15.8 Å². The maximum atomic E-state index is 12.5. The summed E-state index contributed by atoms with van der Waals surface area (Å²) < 4.78 is 37.6. The Kier molecular flexibility index (Phi) is 4.34. The van der Waals surface area contributed by atoms with Gasteiger partial charge in [0.15, 0.2) is 0 Å². The summed E-state index contributed by atoms with van der Waals surface area (Å²) in [5.41, 5.74) is -0.854. The van der Waals surface area contributed by atoms with Crippen molar-refractivity contribution in [2.45, 2.75) is 25.1 Å². The van der Waals surface area contributed by atoms with E-state index >= 15 is 0 Å². The van der Waals surface area contributed by atoms with Gasteiger partial charge in [-0.3, -0.25) is 14.9 Å². The highest BCUT2D eigenvalue weighted by molar-refractivity contribution is 6.04. The SMILES string of the molecule is O=C(CCC1NC(=O)NC1=O)Nc1cccc(C(F)(F)F)c1. The van der Waals surface area contributed by atoms with E-state index in [-0.39, 0.29) is 18.5 Å². The summed E-state index contributed by atoms with van der Waals surface area (Å²) >= 11 is 0. The molecule has 1 aromatic rings. The summed E-state index contributed by atoms with van der Waals surface area (Å²) in [5, 5.41) is 6.66. The van der Waals surface area contributed by atoms with Crippen molar-refractivity contribution in [3.63, 3.8) is 0 Å². The Morgan fingerprint density at radius 3 is 2.59 bits per heavy atom. The van der Waals surface area contributed by atoms with E-state index in [9.17, 15) is 27.6 Å². The maximum Gasteiger partial charge on any atom is 0.416 e. The molecule has 1 saturated heterocycles. The van der Waals surface area contributed by atoms with Crippen LogP contribution >= 0.6 is 0 Å². The van der Waals surface area contributed by atoms with Crippen LogP contribution in [0.5, 0.6) is 0 Å². The molecule has 9 heteroatoms. The summed E-state index contributed by atoms with van der Waals surface area (Å²) in [4.78, 5) is 33.8. The molecule has 0 radical (unpaired) electrons. The summed E-state index contributed by atoms with van der Waals surface area (Å²) in [5.74, 6) is -1.08. The van der Waals surface area contributed by atoms with Gasteiger partial charge in [0, 0.05) is 12.1 Å². The molecule has 1 unspecified atom stereocenters. The Bertz CT molecular complexity index is 616. The van der Waals surface area contributed by atoms with Crippen LogP contribution in [0.25, 0.3) is 0 Å². The molecule has 4 amide bonds. The Morgan fingerprint density at radius 2 is 2.00 bits per heavy atom. The Hall–Kier alpha value is -2.58. The summed E-state index contributed by atoms with van der Waals surface area (Å²) in [6.45, 7) is 0. The number of carbonyl (C=O) groups excluding carboxylic acids is 3. The molecule has 1 aliphatic rings. The van der Waals surface area contributed by atoms with E-state index in [1.54, 1.807) is 0 Å². The molecule has 0 saturated carbocycles. The molecule has 0 aromatic heterocycles. The van der Waals surface area contributed by atoms with Crippen LogP contribution in [-0.4, -0.2) is 23.9 Å². The maximum absolute atomic E-state index is 12.5. The third kappa shape index (κ3) is 3.96. The molecule has 118 valence electrons. The number of anilines is 1. The highest BCUT2D eigenvalue weighted by Gasteiger charge is 2.31. The lowest BCUT2D eigenvalue weighted by Crippen LogP contribution is -2.30. The number of hydrogen-bond acceptors (Lipinski definition) is 3. The van der Waals surface area contributed by atoms with Gasteiger partial charge < -0.3 is 10.6 Å². The number of halogens is 3. The fraction of sp³-hybridized carbons (Fsp3) is 0.308. The van der Waals surface area contributed by atoms with Gasteiger partial charge in [0.25, 0.3) is 5.91 Å². The average Bonchev–Trinajstić information content (AvgIpc) is 2.74. The molecule has 1 fully saturated rings. The molecule has 0 bridgehead atoms. The highest BCUT2D eigenvalue weighted by Crippen LogP contribution is 2.30. The van der Waals surface area contributed by atoms with Gasteiger partial charge in [0.05, 0.1) is 5.56 Å². The number of benzene rings is 1. The number of hydrogen-bond donors (Lipinski definition) is 3. The lowest BCUT2D eigenvalue weighted by Gasteiger charge is -2.10. The number of rotatable bonds is 4. The molecule has 3 N–H and O–H groups in total. The molecule has 0 spiro atoms. The van der Waals surface area contributed by atoms with Gasteiger partial charge in [-0.25, -0.2) is 4.79 Å². The van der Waals surface area contributed by atoms with E-state index in [1.807, 2.05) is 5.32 Å². The average molecular weight is 315 g/mol. The molecule has 22 heavy (non-hydrogen) atoms. The minimum atomic E-state index is -4.49. The number of urea groups is 1. The first-order valence-electron chi connectivity index (χ1n) is 6.34. The molecule has 1 aliphatic heterocycles. The zero-order valence-electron chi connectivity index (χ0n) is 11.2. The fourth-order valence-corrected chi connectivity index (χ4v) is 1.93. The van der Waals surface area contributed by atoms with E-state index in [0.29, 0.717) is 0 Å². The van der Waals surface area contributed by atoms with E-state index in [2.05, 4.69) is 10.6 Å². The second kappa shape index (κ2) is 6.04. The smallest absolute Gasteiger partial charge is 0.326 e. The minimum absolute atomic E-state index is 0.0136. The summed E-state index contributed by atoms with van der Waals surface area (Å²) in [6, 6.07) is 2.80. The number of amides is 4. The van der Waals surface area contributed by atoms with Crippen LogP contribution in [0, 0.1) is 0 Å². The second-order valence-corrected chi connectivity index (χ2v) is 4.68. The summed E-state index contributed by atoms with van der Waals surface area (Å²) in [7, 11) is 0. The van der Waals surface area contributed by atoms with Crippen molar-refractivity contribution < 1.29 is 27.6 Å². The number of alkyl halides is 3. The van der Waals surface area contributed by atoms with E-state index in [0.717, 1.165) is 12.1 Å². The highest BCUT2D eigenvalue weighted by atomic mass is 19.4. The van der Waals surface area contributed by atoms with Crippen LogP contribution < -0.4 is 16.0 Å². The fourth-order valence-electron chi connectivity index (χ4n) is 1.93. The van der Waals surface area contributed by atoms with Crippen molar-refractivity contribution in [3.05, 3.63) is 29.8 Å². The Balaban J connectivity index is 1.90. The second-order valence-electron chi connectivity index (χ2n) is 4.68. The van der Waals surface area contributed by atoms with Crippen molar-refractivity contribution in [1.29, 1.82) is 0 Å². The van der Waals surface area contributed by atoms with Crippen molar-refractivity contribution in [3.8, 4) is 0 Å². The van der Waals surface area contributed by atoms with Gasteiger partial charge in [-0.1, -0.05) is 6.07 Å². The molecule has 0 aliphatic carbocycles. The Morgan fingerprint density at radius 1 is 1.27 bits per heavy atom. The van der Waals surface area contributed by atoms with Gasteiger partial charge in [-0.05, 0) is 24.6 Å². The van der Waals surface area contributed by atoms with E-state index in [4.69, 9.17) is 0 Å². The van der Waals surface area contributed by atoms with Crippen LogP contribution in [0.1, 0.15) is 18.4 Å². The number of carbonyl (C=O) groups is 3. The third-order valence-corrected chi connectivity index (χ3v) is 2.99. The predicted molar refractivity (Wildman–Crippen MR) is 69.8 cm³/mol. The number of nitrogens with one attached hydrogen (secondary N) is 3. The normalized spacial score (nSPS) is 17.9. The lowest BCUT2D eigenvalue weighted by atomic mass is 10.1. The van der Waals surface area contributed by atoms with Crippen LogP contribution in [0.4, 0.5) is 23.7 Å². The molecule has 1 aromatic carbocycles. The standard InChI is InChI=1S/C13H12F3N3O3/c14-13(15,16)7-2-1-3-8(6-7)17-10(20)5-4-9-11(21)19-12(22)18-9/h1-3,6,9H,4-5H2,(H,17,20)(H2,18,19,21,22). The molecular formula is C13H12F3N3O3. The molecule has 6 nitrogen and oxygen atoms in total. The van der Waals surface area contributed by atoms with Gasteiger partial charge >= 0.3 is 12.2 Å². The largest absolute Gasteiger partial charge is 0.416 e. The van der Waals surface area contributed by atoms with Crippen molar-refractivity contribution in [1.82, 2.24) is 10.6 Å². The topological polar surface area (TPSA) is 87.3 Å². The summed E-state index contributed by atoms with van der Waals surface area (Å²) in [6.07, 6.45) is -4.55. The van der Waals surface area contributed by atoms with Crippen LogP contribution in [0.2, 0.25) is 0 Å². The van der Waals surface area contributed by atoms with E-state index < -0.39 is 35.6 Å². The van der Waals surface area contributed by atoms with Crippen molar-refractivity contribution >= 4 is 23.5 Å². The van der Waals surface area contributed by atoms with Crippen molar-refractivity contribution in [2.75, 3.05) is 5.32 Å². The predicted octanol–water partition coefficient (Wildman–Crippen LogP) is 1.63. The van der Waals surface area contributed by atoms with Gasteiger partial charge in [0.2, 0.25) is 5.91 Å². The lowest BCUT2D eigenvalue weighted by molar-refractivity contribution is -0.137. The molecule has 1 heterocycles. The van der Waals surface area contributed by atoms with Crippen LogP contribution in [0.15, 0.2) is 24.3 Å². The monoisotopic (exact) mass is 315 g/mol. The quantitative estimate of drug-likeness (QED) is 0.738. The first kappa shape index (κ1) is 15.8. The van der Waals surface area contributed by atoms with Crippen LogP contribution in [0.3, 0.4) is 0 Å². The first-order chi connectivity index (χ1) is 10.3. The number of imide groups is 1. The van der Waals surface area contributed by atoms with E-state index in [1.165, 1.54) is 12.1 Å². The van der Waals surface area contributed by atoms with Gasteiger partial charge in [-0.2, -0.15) is 13.2 Å². The van der Waals surface area contributed by atoms with Gasteiger partial charge in [-0.15, -0.1) is 0 Å². The minimum Gasteiger partial charge on any atom is -0.326 e. The third-order valence-electron chi connectivity index (χ3n) is 2.99. The molecule has 1 atom stereocenters. The van der Waals surface area contributed by atoms with Gasteiger partial charge in [0.1, 0.15) is 6.04 Å². The molecular weight excluding hydrogens is 303 g/mol. The van der Waals surface area contributed by atoms with Crippen molar-refractivity contribution in [2.24, 2.45) is 0 Å².